The normalized spacial score (nSPS) is 32.6. The van der Waals surface area contributed by atoms with Crippen LogP contribution >= 0.6 is 0 Å². The highest BCUT2D eigenvalue weighted by atomic mass is 16.7. The first-order valence-corrected chi connectivity index (χ1v) is 6.15. The lowest BCUT2D eigenvalue weighted by Gasteiger charge is -2.40. The van der Waals surface area contributed by atoms with Gasteiger partial charge in [0.2, 0.25) is 0 Å². The lowest BCUT2D eigenvalue weighted by molar-refractivity contribution is -0.164. The van der Waals surface area contributed by atoms with Gasteiger partial charge in [0.15, 0.2) is 6.29 Å². The van der Waals surface area contributed by atoms with E-state index in [1.807, 2.05) is 0 Å². The average molecular weight is 214 g/mol. The van der Waals surface area contributed by atoms with Crippen molar-refractivity contribution in [2.75, 3.05) is 14.2 Å². The van der Waals surface area contributed by atoms with Gasteiger partial charge in [-0.1, -0.05) is 27.2 Å². The van der Waals surface area contributed by atoms with Crippen LogP contribution < -0.4 is 0 Å². The van der Waals surface area contributed by atoms with Gasteiger partial charge in [0.1, 0.15) is 0 Å². The molecule has 0 saturated heterocycles. The molecule has 0 aromatic rings. The first-order valence-electron chi connectivity index (χ1n) is 6.15. The molecule has 15 heavy (non-hydrogen) atoms. The van der Waals surface area contributed by atoms with Gasteiger partial charge in [-0.15, -0.1) is 0 Å². The maximum absolute atomic E-state index is 5.45. The van der Waals surface area contributed by atoms with Crippen LogP contribution in [0.5, 0.6) is 0 Å². The van der Waals surface area contributed by atoms with E-state index < -0.39 is 0 Å². The third kappa shape index (κ3) is 3.18. The first-order chi connectivity index (χ1) is 7.10. The van der Waals surface area contributed by atoms with Gasteiger partial charge in [-0.2, -0.15) is 0 Å². The zero-order chi connectivity index (χ0) is 11.4. The molecule has 0 amide bonds. The molecule has 3 atom stereocenters. The lowest BCUT2D eigenvalue weighted by Crippen LogP contribution is -2.37. The Morgan fingerprint density at radius 1 is 1.00 bits per heavy atom. The second-order valence-corrected chi connectivity index (χ2v) is 5.33. The van der Waals surface area contributed by atoms with Crippen molar-refractivity contribution >= 4 is 0 Å². The van der Waals surface area contributed by atoms with E-state index in [0.29, 0.717) is 5.92 Å². The summed E-state index contributed by atoms with van der Waals surface area (Å²) >= 11 is 0. The van der Waals surface area contributed by atoms with E-state index in [0.717, 1.165) is 17.8 Å². The molecule has 1 aliphatic carbocycles. The Labute approximate surface area is 94.3 Å². The molecule has 1 saturated carbocycles. The highest BCUT2D eigenvalue weighted by molar-refractivity contribution is 4.82. The van der Waals surface area contributed by atoms with E-state index in [1.165, 1.54) is 19.3 Å². The van der Waals surface area contributed by atoms with E-state index in [-0.39, 0.29) is 6.29 Å². The first kappa shape index (κ1) is 13.0. The van der Waals surface area contributed by atoms with Crippen molar-refractivity contribution in [3.8, 4) is 0 Å². The van der Waals surface area contributed by atoms with Crippen LogP contribution in [0.15, 0.2) is 0 Å². The van der Waals surface area contributed by atoms with Crippen LogP contribution in [-0.2, 0) is 9.47 Å². The molecule has 90 valence electrons. The summed E-state index contributed by atoms with van der Waals surface area (Å²) in [5.74, 6) is 2.88. The second-order valence-electron chi connectivity index (χ2n) is 5.33. The van der Waals surface area contributed by atoms with E-state index in [4.69, 9.17) is 9.47 Å². The molecular weight excluding hydrogens is 188 g/mol. The van der Waals surface area contributed by atoms with Gasteiger partial charge in [0.25, 0.3) is 0 Å². The molecule has 3 unspecified atom stereocenters. The molecule has 1 fully saturated rings. The number of hydrogen-bond acceptors (Lipinski definition) is 2. The molecule has 0 heterocycles. The Morgan fingerprint density at radius 2 is 1.60 bits per heavy atom. The third-order valence-electron chi connectivity index (χ3n) is 3.89. The number of rotatable bonds is 4. The summed E-state index contributed by atoms with van der Waals surface area (Å²) in [4.78, 5) is 0. The minimum absolute atomic E-state index is 0.0138. The summed E-state index contributed by atoms with van der Waals surface area (Å²) in [6.07, 6.45) is 3.92. The van der Waals surface area contributed by atoms with Gasteiger partial charge >= 0.3 is 0 Å². The summed E-state index contributed by atoms with van der Waals surface area (Å²) in [7, 11) is 3.51. The van der Waals surface area contributed by atoms with Gasteiger partial charge in [-0.25, -0.2) is 0 Å². The SMILES string of the molecule is COC(OC)C1CC(C)CCC1C(C)C. The van der Waals surface area contributed by atoms with Gasteiger partial charge < -0.3 is 9.47 Å². The maximum Gasteiger partial charge on any atom is 0.159 e. The fraction of sp³-hybridized carbons (Fsp3) is 1.00. The van der Waals surface area contributed by atoms with E-state index in [2.05, 4.69) is 20.8 Å². The van der Waals surface area contributed by atoms with Crippen LogP contribution in [0, 0.1) is 23.7 Å². The summed E-state index contributed by atoms with van der Waals surface area (Å²) in [6.45, 7) is 6.97. The molecular formula is C13H26O2. The van der Waals surface area contributed by atoms with Crippen LogP contribution in [0.2, 0.25) is 0 Å². The predicted octanol–water partition coefficient (Wildman–Crippen LogP) is 3.31. The molecule has 0 aliphatic heterocycles. The smallest absolute Gasteiger partial charge is 0.159 e. The minimum atomic E-state index is -0.0138. The van der Waals surface area contributed by atoms with Crippen LogP contribution in [0.3, 0.4) is 0 Å². The van der Waals surface area contributed by atoms with Crippen molar-refractivity contribution in [2.24, 2.45) is 23.7 Å². The van der Waals surface area contributed by atoms with E-state index in [9.17, 15) is 0 Å². The number of hydrogen-bond donors (Lipinski definition) is 0. The van der Waals surface area contributed by atoms with Gasteiger partial charge in [-0.05, 0) is 30.6 Å². The number of methoxy groups -OCH3 is 2. The predicted molar refractivity (Wildman–Crippen MR) is 62.6 cm³/mol. The third-order valence-corrected chi connectivity index (χ3v) is 3.89. The molecule has 0 bridgehead atoms. The second kappa shape index (κ2) is 5.86. The van der Waals surface area contributed by atoms with Crippen LogP contribution in [0.25, 0.3) is 0 Å². The van der Waals surface area contributed by atoms with Gasteiger partial charge in [-0.3, -0.25) is 0 Å². The maximum atomic E-state index is 5.45. The van der Waals surface area contributed by atoms with Crippen molar-refractivity contribution < 1.29 is 9.47 Å². The zero-order valence-corrected chi connectivity index (χ0v) is 10.8. The highest BCUT2D eigenvalue weighted by Gasteiger charge is 2.36. The molecule has 0 aromatic heterocycles. The summed E-state index contributed by atoms with van der Waals surface area (Å²) in [6, 6.07) is 0. The van der Waals surface area contributed by atoms with Gasteiger partial charge in [0.05, 0.1) is 0 Å². The molecule has 2 nitrogen and oxygen atoms in total. The Balaban J connectivity index is 2.68. The molecule has 2 heteroatoms. The quantitative estimate of drug-likeness (QED) is 0.668. The van der Waals surface area contributed by atoms with Crippen molar-refractivity contribution in [3.63, 3.8) is 0 Å². The Hall–Kier alpha value is -0.0800. The lowest BCUT2D eigenvalue weighted by atomic mass is 9.70. The van der Waals surface area contributed by atoms with Crippen molar-refractivity contribution in [1.29, 1.82) is 0 Å². The average Bonchev–Trinajstić information content (AvgIpc) is 2.19. The van der Waals surface area contributed by atoms with E-state index in [1.54, 1.807) is 14.2 Å². The van der Waals surface area contributed by atoms with Crippen LogP contribution in [0.1, 0.15) is 40.0 Å². The minimum Gasteiger partial charge on any atom is -0.356 e. The fourth-order valence-electron chi connectivity index (χ4n) is 3.03. The van der Waals surface area contributed by atoms with E-state index >= 15 is 0 Å². The number of ether oxygens (including phenoxy) is 2. The molecule has 0 radical (unpaired) electrons. The fourth-order valence-corrected chi connectivity index (χ4v) is 3.03. The molecule has 0 N–H and O–H groups in total. The largest absolute Gasteiger partial charge is 0.356 e. The summed E-state index contributed by atoms with van der Waals surface area (Å²) in [5.41, 5.74) is 0. The van der Waals surface area contributed by atoms with Crippen molar-refractivity contribution in [2.45, 2.75) is 46.3 Å². The zero-order valence-electron chi connectivity index (χ0n) is 10.8. The molecule has 0 aromatic carbocycles. The van der Waals surface area contributed by atoms with Crippen molar-refractivity contribution in [3.05, 3.63) is 0 Å². The molecule has 1 aliphatic rings. The molecule has 1 rings (SSSR count). The Bertz CT molecular complexity index is 175. The highest BCUT2D eigenvalue weighted by Crippen LogP contribution is 2.40. The van der Waals surface area contributed by atoms with Crippen LogP contribution in [0.4, 0.5) is 0 Å². The summed E-state index contributed by atoms with van der Waals surface area (Å²) < 4.78 is 10.9. The summed E-state index contributed by atoms with van der Waals surface area (Å²) in [5, 5.41) is 0. The van der Waals surface area contributed by atoms with Crippen molar-refractivity contribution in [1.82, 2.24) is 0 Å². The van der Waals surface area contributed by atoms with Crippen LogP contribution in [-0.4, -0.2) is 20.5 Å². The van der Waals surface area contributed by atoms with Gasteiger partial charge in [0, 0.05) is 20.1 Å². The molecule has 0 spiro atoms. The topological polar surface area (TPSA) is 18.5 Å². The Kier molecular flexibility index (Phi) is 5.07. The monoisotopic (exact) mass is 214 g/mol. The Morgan fingerprint density at radius 3 is 2.07 bits per heavy atom. The standard InChI is InChI=1S/C13H26O2/c1-9(2)11-7-6-10(3)8-12(11)13(14-4)15-5/h9-13H,6-8H2,1-5H3.